The maximum atomic E-state index is 10.6. The average Bonchev–Trinajstić information content (AvgIpc) is 2.03. The van der Waals surface area contributed by atoms with Gasteiger partial charge in [-0.3, -0.25) is 4.79 Å². The van der Waals surface area contributed by atoms with Crippen LogP contribution in [0.5, 0.6) is 0 Å². The number of carboxylic acids is 2. The fourth-order valence-electron chi connectivity index (χ4n) is 0.983. The van der Waals surface area contributed by atoms with E-state index in [2.05, 4.69) is 6.07 Å². The van der Waals surface area contributed by atoms with E-state index < -0.39 is 11.9 Å². The van der Waals surface area contributed by atoms with E-state index in [-0.39, 0.29) is 38.6 Å². The van der Waals surface area contributed by atoms with Crippen molar-refractivity contribution in [3.8, 4) is 0 Å². The van der Waals surface area contributed by atoms with E-state index in [1.807, 2.05) is 0 Å². The van der Waals surface area contributed by atoms with E-state index >= 15 is 0 Å². The summed E-state index contributed by atoms with van der Waals surface area (Å²) in [7, 11) is 0. The van der Waals surface area contributed by atoms with Crippen molar-refractivity contribution >= 4 is 11.9 Å². The van der Waals surface area contributed by atoms with Crippen LogP contribution in [0.1, 0.15) is 15.9 Å². The number of carbonyl (C=O) groups is 2. The largest absolute Gasteiger partial charge is 0.482 e. The summed E-state index contributed by atoms with van der Waals surface area (Å²) >= 11 is 0. The minimum atomic E-state index is -1.12. The van der Waals surface area contributed by atoms with Gasteiger partial charge in [-0.15, -0.1) is 5.56 Å². The Morgan fingerprint density at radius 3 is 2.50 bits per heavy atom. The molecular formula is C9H7O4W-. The first-order valence-electron chi connectivity index (χ1n) is 3.55. The van der Waals surface area contributed by atoms with Gasteiger partial charge in [-0.2, -0.15) is 24.3 Å². The Kier molecular flexibility index (Phi) is 5.09. The molecule has 0 bridgehead atoms. The zero-order valence-corrected chi connectivity index (χ0v) is 9.99. The summed E-state index contributed by atoms with van der Waals surface area (Å²) in [5.41, 5.74) is 0.281. The van der Waals surface area contributed by atoms with Gasteiger partial charge in [-0.25, -0.2) is 4.79 Å². The molecule has 0 amide bonds. The third-order valence-corrected chi connectivity index (χ3v) is 1.52. The molecule has 1 rings (SSSR count). The molecule has 0 unspecified atom stereocenters. The Labute approximate surface area is 94.8 Å². The maximum Gasteiger partial charge on any atom is 0.311 e. The monoisotopic (exact) mass is 363 g/mol. The van der Waals surface area contributed by atoms with E-state index in [0.717, 1.165) is 0 Å². The number of aromatic carboxylic acids is 1. The van der Waals surface area contributed by atoms with Crippen LogP contribution in [0.3, 0.4) is 0 Å². The first kappa shape index (κ1) is 12.8. The van der Waals surface area contributed by atoms with Crippen LogP contribution in [0.2, 0.25) is 0 Å². The van der Waals surface area contributed by atoms with Crippen LogP contribution in [0.15, 0.2) is 18.2 Å². The van der Waals surface area contributed by atoms with Gasteiger partial charge in [-0.1, -0.05) is 0 Å². The smallest absolute Gasteiger partial charge is 0.311 e. The molecule has 4 nitrogen and oxygen atoms in total. The van der Waals surface area contributed by atoms with Crippen LogP contribution >= 0.6 is 0 Å². The molecule has 5 heteroatoms. The fraction of sp³-hybridized carbons (Fsp3) is 0.111. The molecule has 0 atom stereocenters. The van der Waals surface area contributed by atoms with Gasteiger partial charge in [0.15, 0.2) is 0 Å². The van der Waals surface area contributed by atoms with Crippen molar-refractivity contribution < 1.29 is 40.9 Å². The van der Waals surface area contributed by atoms with E-state index in [9.17, 15) is 9.59 Å². The van der Waals surface area contributed by atoms with E-state index in [1.165, 1.54) is 18.2 Å². The summed E-state index contributed by atoms with van der Waals surface area (Å²) in [6, 6.07) is 6.78. The maximum absolute atomic E-state index is 10.6. The number of carboxylic acid groups (broad SMARTS) is 2. The first-order valence-corrected chi connectivity index (χ1v) is 3.55. The molecule has 0 saturated heterocycles. The van der Waals surface area contributed by atoms with Gasteiger partial charge in [0.2, 0.25) is 0 Å². The Morgan fingerprint density at radius 2 is 2.00 bits per heavy atom. The summed E-state index contributed by atoms with van der Waals surface area (Å²) in [4.78, 5) is 20.9. The molecule has 14 heavy (non-hydrogen) atoms. The predicted octanol–water partition coefficient (Wildman–Crippen LogP) is 0.810. The molecule has 0 heterocycles. The zero-order valence-electron chi connectivity index (χ0n) is 7.06. The van der Waals surface area contributed by atoms with Crippen LogP contribution in [0.4, 0.5) is 0 Å². The zero-order chi connectivity index (χ0) is 9.84. The van der Waals surface area contributed by atoms with Crippen molar-refractivity contribution in [2.45, 2.75) is 6.42 Å². The Bertz CT molecular complexity index is 348. The van der Waals surface area contributed by atoms with Gasteiger partial charge in [-0.05, 0) is 5.56 Å². The summed E-state index contributed by atoms with van der Waals surface area (Å²) in [5, 5.41) is 17.1. The number of hydrogen-bond donors (Lipinski definition) is 2. The molecule has 0 aliphatic heterocycles. The summed E-state index contributed by atoms with van der Waals surface area (Å²) in [6.45, 7) is 0. The van der Waals surface area contributed by atoms with Crippen LogP contribution in [0.25, 0.3) is 0 Å². The molecule has 0 aliphatic rings. The topological polar surface area (TPSA) is 74.6 Å². The van der Waals surface area contributed by atoms with Crippen molar-refractivity contribution in [1.29, 1.82) is 0 Å². The number of rotatable bonds is 3. The first-order chi connectivity index (χ1) is 6.11. The molecule has 1 aromatic carbocycles. The molecule has 0 aliphatic carbocycles. The van der Waals surface area contributed by atoms with Gasteiger partial charge in [0.25, 0.3) is 5.97 Å². The van der Waals surface area contributed by atoms with E-state index in [0.29, 0.717) is 0 Å². The molecule has 1 aromatic rings. The molecule has 0 aromatic heterocycles. The number of hydrogen-bond acceptors (Lipinski definition) is 2. The summed E-state index contributed by atoms with van der Waals surface area (Å²) < 4.78 is 0. The standard InChI is InChI=1S/C9H7O4.W/c10-8(11)5-6-3-1-2-4-7(6)9(12)13;/h2-4H,5H2,(H,10,11)(H,12,13);/q-1;. The van der Waals surface area contributed by atoms with E-state index in [1.54, 1.807) is 0 Å². The predicted molar refractivity (Wildman–Crippen MR) is 43.6 cm³/mol. The normalized spacial score (nSPS) is 8.86. The van der Waals surface area contributed by atoms with Crippen LogP contribution < -0.4 is 0 Å². The van der Waals surface area contributed by atoms with Gasteiger partial charge >= 0.3 is 5.97 Å². The van der Waals surface area contributed by atoms with Gasteiger partial charge in [0.1, 0.15) is 0 Å². The molecule has 0 spiro atoms. The Hall–Kier alpha value is -1.15. The molecule has 0 radical (unpaired) electrons. The molecule has 2 N–H and O–H groups in total. The van der Waals surface area contributed by atoms with Crippen LogP contribution in [-0.2, 0) is 32.3 Å². The second-order valence-electron chi connectivity index (χ2n) is 2.46. The second kappa shape index (κ2) is 5.55. The molecule has 0 fully saturated rings. The Balaban J connectivity index is 0.00000169. The van der Waals surface area contributed by atoms with Crippen molar-refractivity contribution in [1.82, 2.24) is 0 Å². The quantitative estimate of drug-likeness (QED) is 0.780. The summed E-state index contributed by atoms with van der Waals surface area (Å²) in [5.74, 6) is -2.17. The third-order valence-electron chi connectivity index (χ3n) is 1.52. The third kappa shape index (κ3) is 3.30. The van der Waals surface area contributed by atoms with Crippen LogP contribution in [0, 0.1) is 6.07 Å². The van der Waals surface area contributed by atoms with Gasteiger partial charge in [0.05, 0.1) is 0 Å². The number of aliphatic carboxylic acids is 1. The van der Waals surface area contributed by atoms with Crippen molar-refractivity contribution in [3.05, 3.63) is 35.4 Å². The van der Waals surface area contributed by atoms with Crippen molar-refractivity contribution in [2.75, 3.05) is 0 Å². The average molecular weight is 363 g/mol. The number of benzene rings is 1. The molecule has 0 saturated carbocycles. The van der Waals surface area contributed by atoms with Crippen molar-refractivity contribution in [2.24, 2.45) is 0 Å². The van der Waals surface area contributed by atoms with Gasteiger partial charge in [0, 0.05) is 27.5 Å². The Morgan fingerprint density at radius 1 is 1.36 bits per heavy atom. The minimum Gasteiger partial charge on any atom is -0.482 e. The fourth-order valence-corrected chi connectivity index (χ4v) is 0.983. The van der Waals surface area contributed by atoms with Crippen molar-refractivity contribution in [3.63, 3.8) is 0 Å². The molecular weight excluding hydrogens is 356 g/mol. The van der Waals surface area contributed by atoms with Gasteiger partial charge < -0.3 is 10.2 Å². The van der Waals surface area contributed by atoms with E-state index in [4.69, 9.17) is 10.2 Å². The summed E-state index contributed by atoms with van der Waals surface area (Å²) in [6.07, 6.45) is -0.293. The SMILES string of the molecule is O=C(O)Cc1c[c-]ccc1C(=O)O.[W]. The van der Waals surface area contributed by atoms with Crippen LogP contribution in [-0.4, -0.2) is 22.2 Å². The minimum absolute atomic E-state index is 0. The second-order valence-corrected chi connectivity index (χ2v) is 2.46. The molecule has 74 valence electrons.